The molecule has 1 saturated heterocycles. The minimum absolute atomic E-state index is 0.0982. The lowest BCUT2D eigenvalue weighted by atomic mass is 10.2. The standard InChI is InChI=1S/C23H22Cl2N4O4/c1-13-4-6-16(11-18(13)25)27-21(30)20-10-14-9-15(24)5-7-19(14)29(20)28-23(32)22(31)26-12-17-3-2-8-33-17/h4-7,9-11,17H,2-3,8,12H2,1H3,(H,26,31)(H,27,30)(H,28,32)/t17-/m0/s1. The Morgan fingerprint density at radius 3 is 2.64 bits per heavy atom. The number of fused-ring (bicyclic) bond motifs is 1. The van der Waals surface area contributed by atoms with Gasteiger partial charge in [-0.05, 0) is 61.7 Å². The second-order valence-electron chi connectivity index (χ2n) is 7.77. The predicted molar refractivity (Wildman–Crippen MR) is 127 cm³/mol. The average molecular weight is 489 g/mol. The van der Waals surface area contributed by atoms with Gasteiger partial charge in [-0.15, -0.1) is 0 Å². The van der Waals surface area contributed by atoms with Crippen molar-refractivity contribution in [2.75, 3.05) is 23.9 Å². The third-order valence-electron chi connectivity index (χ3n) is 5.36. The van der Waals surface area contributed by atoms with E-state index >= 15 is 0 Å². The highest BCUT2D eigenvalue weighted by Gasteiger charge is 2.23. The molecular weight excluding hydrogens is 467 g/mol. The number of amides is 3. The molecule has 0 aliphatic carbocycles. The molecule has 3 aromatic rings. The average Bonchev–Trinajstić information content (AvgIpc) is 3.42. The number of carbonyl (C=O) groups is 3. The summed E-state index contributed by atoms with van der Waals surface area (Å²) in [7, 11) is 0. The van der Waals surface area contributed by atoms with Crippen LogP contribution in [0.3, 0.4) is 0 Å². The lowest BCUT2D eigenvalue weighted by molar-refractivity contribution is -0.136. The Balaban J connectivity index is 1.57. The molecule has 172 valence electrons. The summed E-state index contributed by atoms with van der Waals surface area (Å²) < 4.78 is 6.72. The maximum Gasteiger partial charge on any atom is 0.328 e. The summed E-state index contributed by atoms with van der Waals surface area (Å²) in [6.45, 7) is 2.75. The van der Waals surface area contributed by atoms with E-state index in [1.165, 1.54) is 4.68 Å². The van der Waals surface area contributed by atoms with Crippen LogP contribution in [0, 0.1) is 6.92 Å². The highest BCUT2D eigenvalue weighted by molar-refractivity contribution is 6.38. The molecule has 1 aliphatic rings. The second kappa shape index (κ2) is 9.82. The van der Waals surface area contributed by atoms with Crippen LogP contribution in [-0.4, -0.2) is 41.7 Å². The lowest BCUT2D eigenvalue weighted by Gasteiger charge is -2.14. The molecule has 33 heavy (non-hydrogen) atoms. The van der Waals surface area contributed by atoms with E-state index in [2.05, 4.69) is 16.1 Å². The molecule has 1 aromatic heterocycles. The Bertz CT molecular complexity index is 1230. The highest BCUT2D eigenvalue weighted by Crippen LogP contribution is 2.25. The van der Waals surface area contributed by atoms with Gasteiger partial charge >= 0.3 is 11.8 Å². The first-order valence-corrected chi connectivity index (χ1v) is 11.2. The number of rotatable bonds is 5. The molecule has 3 N–H and O–H groups in total. The molecule has 8 nitrogen and oxygen atoms in total. The minimum Gasteiger partial charge on any atom is -0.376 e. The molecule has 1 aliphatic heterocycles. The molecule has 0 spiro atoms. The number of anilines is 1. The van der Waals surface area contributed by atoms with Crippen LogP contribution in [0.15, 0.2) is 42.5 Å². The number of nitrogens with zero attached hydrogens (tertiary/aromatic N) is 1. The van der Waals surface area contributed by atoms with Crippen molar-refractivity contribution in [1.82, 2.24) is 9.99 Å². The number of carbonyl (C=O) groups excluding carboxylic acids is 3. The molecule has 2 aromatic carbocycles. The first-order valence-electron chi connectivity index (χ1n) is 10.4. The summed E-state index contributed by atoms with van der Waals surface area (Å²) in [5.74, 6) is -2.23. The molecule has 3 amide bonds. The van der Waals surface area contributed by atoms with Gasteiger partial charge in [0.2, 0.25) is 0 Å². The zero-order valence-corrected chi connectivity index (χ0v) is 19.3. The quantitative estimate of drug-likeness (QED) is 0.474. The normalized spacial score (nSPS) is 15.4. The van der Waals surface area contributed by atoms with Crippen LogP contribution in [0.2, 0.25) is 10.0 Å². The Labute approximate surface area is 200 Å². The van der Waals surface area contributed by atoms with Crippen molar-refractivity contribution in [2.24, 2.45) is 0 Å². The largest absolute Gasteiger partial charge is 0.376 e. The summed E-state index contributed by atoms with van der Waals surface area (Å²) in [6.07, 6.45) is 1.66. The van der Waals surface area contributed by atoms with Crippen LogP contribution in [0.4, 0.5) is 5.69 Å². The predicted octanol–water partition coefficient (Wildman–Crippen LogP) is 3.87. The molecule has 0 saturated carbocycles. The monoisotopic (exact) mass is 488 g/mol. The van der Waals surface area contributed by atoms with E-state index in [0.717, 1.165) is 18.4 Å². The smallest absolute Gasteiger partial charge is 0.328 e. The van der Waals surface area contributed by atoms with Crippen LogP contribution < -0.4 is 16.1 Å². The van der Waals surface area contributed by atoms with Gasteiger partial charge in [0, 0.05) is 34.3 Å². The van der Waals surface area contributed by atoms with E-state index in [9.17, 15) is 14.4 Å². The summed E-state index contributed by atoms with van der Waals surface area (Å²) >= 11 is 12.2. The lowest BCUT2D eigenvalue weighted by Crippen LogP contribution is -2.42. The first-order chi connectivity index (χ1) is 15.8. The molecule has 4 rings (SSSR count). The Kier molecular flexibility index (Phi) is 6.88. The van der Waals surface area contributed by atoms with E-state index in [0.29, 0.717) is 33.2 Å². The zero-order valence-electron chi connectivity index (χ0n) is 17.8. The molecule has 0 bridgehead atoms. The van der Waals surface area contributed by atoms with Gasteiger partial charge in [-0.1, -0.05) is 29.3 Å². The minimum atomic E-state index is -0.909. The molecule has 2 heterocycles. The van der Waals surface area contributed by atoms with Crippen LogP contribution in [-0.2, 0) is 14.3 Å². The summed E-state index contributed by atoms with van der Waals surface area (Å²) in [6, 6.07) is 11.7. The molecule has 1 fully saturated rings. The van der Waals surface area contributed by atoms with Gasteiger partial charge < -0.3 is 15.4 Å². The topological polar surface area (TPSA) is 101 Å². The third-order valence-corrected chi connectivity index (χ3v) is 6.00. The number of aromatic nitrogens is 1. The Hall–Kier alpha value is -3.07. The summed E-state index contributed by atoms with van der Waals surface area (Å²) in [4.78, 5) is 38.0. The molecule has 10 heteroatoms. The third kappa shape index (κ3) is 5.30. The van der Waals surface area contributed by atoms with Gasteiger partial charge in [0.15, 0.2) is 0 Å². The molecule has 1 atom stereocenters. The van der Waals surface area contributed by atoms with Gasteiger partial charge in [-0.2, -0.15) is 0 Å². The Morgan fingerprint density at radius 2 is 1.91 bits per heavy atom. The second-order valence-corrected chi connectivity index (χ2v) is 8.62. The van der Waals surface area contributed by atoms with Crippen molar-refractivity contribution in [3.8, 4) is 0 Å². The van der Waals surface area contributed by atoms with E-state index in [1.807, 2.05) is 6.92 Å². The number of hydrogen-bond acceptors (Lipinski definition) is 4. The summed E-state index contributed by atoms with van der Waals surface area (Å²) in [5, 5.41) is 6.93. The van der Waals surface area contributed by atoms with Crippen molar-refractivity contribution in [3.05, 3.63) is 63.8 Å². The molecule has 0 unspecified atom stereocenters. The molecule has 0 radical (unpaired) electrons. The number of nitrogens with one attached hydrogen (secondary N) is 3. The van der Waals surface area contributed by atoms with Gasteiger partial charge in [-0.25, -0.2) is 4.68 Å². The molecular formula is C23H22Cl2N4O4. The van der Waals surface area contributed by atoms with Gasteiger partial charge in [0.05, 0.1) is 11.6 Å². The van der Waals surface area contributed by atoms with Crippen LogP contribution in [0.1, 0.15) is 28.9 Å². The number of benzene rings is 2. The van der Waals surface area contributed by atoms with Crippen LogP contribution >= 0.6 is 23.2 Å². The summed E-state index contributed by atoms with van der Waals surface area (Å²) in [5.41, 5.74) is 4.50. The first kappa shape index (κ1) is 23.1. The fourth-order valence-corrected chi connectivity index (χ4v) is 3.95. The van der Waals surface area contributed by atoms with Crippen LogP contribution in [0.5, 0.6) is 0 Å². The van der Waals surface area contributed by atoms with E-state index in [-0.39, 0.29) is 18.3 Å². The van der Waals surface area contributed by atoms with Crippen molar-refractivity contribution in [2.45, 2.75) is 25.9 Å². The fourth-order valence-electron chi connectivity index (χ4n) is 3.58. The van der Waals surface area contributed by atoms with E-state index in [4.69, 9.17) is 27.9 Å². The SMILES string of the molecule is Cc1ccc(NC(=O)c2cc3cc(Cl)ccc3n2NC(=O)C(=O)NC[C@@H]2CCCO2)cc1Cl. The fraction of sp³-hybridized carbons (Fsp3) is 0.261. The highest BCUT2D eigenvalue weighted by atomic mass is 35.5. The van der Waals surface area contributed by atoms with Crippen molar-refractivity contribution >= 4 is 57.5 Å². The van der Waals surface area contributed by atoms with Gasteiger partial charge in [0.25, 0.3) is 5.91 Å². The van der Waals surface area contributed by atoms with Crippen LogP contribution in [0.25, 0.3) is 10.9 Å². The van der Waals surface area contributed by atoms with Gasteiger partial charge in [0.1, 0.15) is 5.69 Å². The number of hydrogen-bond donors (Lipinski definition) is 3. The Morgan fingerprint density at radius 1 is 1.09 bits per heavy atom. The zero-order chi connectivity index (χ0) is 23.5. The van der Waals surface area contributed by atoms with E-state index in [1.54, 1.807) is 42.5 Å². The number of aryl methyl sites for hydroxylation is 1. The maximum atomic E-state index is 13.1. The number of halogens is 2. The van der Waals surface area contributed by atoms with Crippen molar-refractivity contribution < 1.29 is 19.1 Å². The number of ether oxygens (including phenoxy) is 1. The van der Waals surface area contributed by atoms with E-state index < -0.39 is 17.7 Å². The van der Waals surface area contributed by atoms with Crippen molar-refractivity contribution in [1.29, 1.82) is 0 Å². The van der Waals surface area contributed by atoms with Gasteiger partial charge in [-0.3, -0.25) is 19.8 Å². The maximum absolute atomic E-state index is 13.1. The van der Waals surface area contributed by atoms with Crippen molar-refractivity contribution in [3.63, 3.8) is 0 Å².